The molecule has 0 bridgehead atoms. The highest BCUT2D eigenvalue weighted by Crippen LogP contribution is 2.17. The Morgan fingerprint density at radius 3 is 2.27 bits per heavy atom. The van der Waals surface area contributed by atoms with Gasteiger partial charge < -0.3 is 5.73 Å². The summed E-state index contributed by atoms with van der Waals surface area (Å²) in [5.74, 6) is -2.33. The van der Waals surface area contributed by atoms with Crippen LogP contribution in [0.1, 0.15) is 12.8 Å². The van der Waals surface area contributed by atoms with Crippen molar-refractivity contribution in [2.24, 2.45) is 5.73 Å². The maximum Gasteiger partial charge on any atom is 0.241 e. The molecule has 1 aromatic rings. The molecule has 22 heavy (non-hydrogen) atoms. The summed E-state index contributed by atoms with van der Waals surface area (Å²) in [4.78, 5) is 12.2. The number of piperidine rings is 1. The molecular formula is C13H17F2N3O3S. The highest BCUT2D eigenvalue weighted by atomic mass is 32.2. The van der Waals surface area contributed by atoms with Gasteiger partial charge in [0.1, 0.15) is 11.6 Å². The smallest absolute Gasteiger partial charge is 0.241 e. The normalized spacial score (nSPS) is 17.5. The van der Waals surface area contributed by atoms with Gasteiger partial charge in [-0.25, -0.2) is 21.9 Å². The molecule has 1 heterocycles. The number of primary amides is 1. The minimum Gasteiger partial charge on any atom is -0.369 e. The van der Waals surface area contributed by atoms with Crippen molar-refractivity contribution in [1.82, 2.24) is 9.62 Å². The topological polar surface area (TPSA) is 92.5 Å². The van der Waals surface area contributed by atoms with Crippen LogP contribution in [0.4, 0.5) is 8.78 Å². The van der Waals surface area contributed by atoms with Crippen LogP contribution in [0.15, 0.2) is 23.1 Å². The highest BCUT2D eigenvalue weighted by molar-refractivity contribution is 7.89. The molecule has 0 unspecified atom stereocenters. The lowest BCUT2D eigenvalue weighted by molar-refractivity contribution is -0.119. The van der Waals surface area contributed by atoms with E-state index >= 15 is 0 Å². The number of likely N-dealkylation sites (tertiary alicyclic amines) is 1. The fourth-order valence-electron chi connectivity index (χ4n) is 2.40. The zero-order valence-electron chi connectivity index (χ0n) is 11.8. The van der Waals surface area contributed by atoms with Crippen LogP contribution in [0.3, 0.4) is 0 Å². The van der Waals surface area contributed by atoms with Crippen molar-refractivity contribution in [2.45, 2.75) is 23.8 Å². The standard InChI is InChI=1S/C13H17F2N3O3S/c14-9-5-10(15)7-12(6-9)22(20,21)17-11-1-3-18(4-2-11)8-13(16)19/h5-7,11,17H,1-4,8H2,(H2,16,19). The number of hydrogen-bond donors (Lipinski definition) is 2. The first-order valence-corrected chi connectivity index (χ1v) is 8.23. The van der Waals surface area contributed by atoms with E-state index < -0.39 is 32.5 Å². The minimum atomic E-state index is -3.99. The van der Waals surface area contributed by atoms with Gasteiger partial charge in [-0.1, -0.05) is 0 Å². The fraction of sp³-hybridized carbons (Fsp3) is 0.462. The summed E-state index contributed by atoms with van der Waals surface area (Å²) in [5.41, 5.74) is 5.10. The molecule has 3 N–H and O–H groups in total. The molecule has 0 spiro atoms. The number of halogens is 2. The molecule has 0 aromatic heterocycles. The van der Waals surface area contributed by atoms with E-state index in [9.17, 15) is 22.0 Å². The van der Waals surface area contributed by atoms with Gasteiger partial charge in [0, 0.05) is 25.2 Å². The van der Waals surface area contributed by atoms with Crippen LogP contribution in [-0.2, 0) is 14.8 Å². The SMILES string of the molecule is NC(=O)CN1CCC(NS(=O)(=O)c2cc(F)cc(F)c2)CC1. The van der Waals surface area contributed by atoms with Crippen molar-refractivity contribution in [1.29, 1.82) is 0 Å². The summed E-state index contributed by atoms with van der Waals surface area (Å²) in [6, 6.07) is 1.81. The zero-order valence-corrected chi connectivity index (χ0v) is 12.6. The zero-order chi connectivity index (χ0) is 16.3. The fourth-order valence-corrected chi connectivity index (χ4v) is 3.75. The van der Waals surface area contributed by atoms with Crippen molar-refractivity contribution < 1.29 is 22.0 Å². The number of sulfonamides is 1. The second kappa shape index (κ2) is 6.67. The lowest BCUT2D eigenvalue weighted by atomic mass is 10.1. The molecule has 1 aliphatic heterocycles. The summed E-state index contributed by atoms with van der Waals surface area (Å²) in [7, 11) is -3.99. The van der Waals surface area contributed by atoms with Crippen LogP contribution in [0.5, 0.6) is 0 Å². The van der Waals surface area contributed by atoms with E-state index in [2.05, 4.69) is 4.72 Å². The third kappa shape index (κ3) is 4.46. The molecule has 0 radical (unpaired) electrons. The van der Waals surface area contributed by atoms with E-state index in [1.54, 1.807) is 0 Å². The van der Waals surface area contributed by atoms with Crippen LogP contribution >= 0.6 is 0 Å². The Hall–Kier alpha value is -1.58. The number of carbonyl (C=O) groups excluding carboxylic acids is 1. The van der Waals surface area contributed by atoms with E-state index in [4.69, 9.17) is 5.73 Å². The Bertz CT molecular complexity index is 638. The second-order valence-corrected chi connectivity index (χ2v) is 6.96. The van der Waals surface area contributed by atoms with Crippen LogP contribution in [0.2, 0.25) is 0 Å². The van der Waals surface area contributed by atoms with Crippen LogP contribution in [0, 0.1) is 11.6 Å². The number of benzene rings is 1. The molecule has 9 heteroatoms. The molecule has 1 aromatic carbocycles. The van der Waals surface area contributed by atoms with Gasteiger partial charge in [-0.05, 0) is 25.0 Å². The predicted octanol–water partition coefficient (Wildman–Crippen LogP) is 0.193. The van der Waals surface area contributed by atoms with Crippen molar-refractivity contribution in [2.75, 3.05) is 19.6 Å². The number of nitrogens with two attached hydrogens (primary N) is 1. The summed E-state index contributed by atoms with van der Waals surface area (Å²) < 4.78 is 53.0. The monoisotopic (exact) mass is 333 g/mol. The first-order chi connectivity index (χ1) is 10.3. The second-order valence-electron chi connectivity index (χ2n) is 5.24. The Kier molecular flexibility index (Phi) is 5.09. The maximum atomic E-state index is 13.1. The molecule has 6 nitrogen and oxygen atoms in total. The van der Waals surface area contributed by atoms with Gasteiger partial charge in [0.05, 0.1) is 11.4 Å². The Balaban J connectivity index is 2.00. The Labute approximate surface area is 127 Å². The van der Waals surface area contributed by atoms with Crippen molar-refractivity contribution in [3.63, 3.8) is 0 Å². The van der Waals surface area contributed by atoms with E-state index in [-0.39, 0.29) is 12.6 Å². The molecule has 0 saturated carbocycles. The molecule has 0 atom stereocenters. The molecular weight excluding hydrogens is 316 g/mol. The van der Waals surface area contributed by atoms with E-state index in [1.165, 1.54) is 0 Å². The van der Waals surface area contributed by atoms with Gasteiger partial charge in [-0.15, -0.1) is 0 Å². The first-order valence-electron chi connectivity index (χ1n) is 6.75. The number of rotatable bonds is 5. The Morgan fingerprint density at radius 2 is 1.77 bits per heavy atom. The number of carbonyl (C=O) groups is 1. The van der Waals surface area contributed by atoms with Crippen molar-refractivity contribution in [3.05, 3.63) is 29.8 Å². The predicted molar refractivity (Wildman–Crippen MR) is 75.3 cm³/mol. The number of nitrogens with one attached hydrogen (secondary N) is 1. The molecule has 1 aliphatic rings. The summed E-state index contributed by atoms with van der Waals surface area (Å²) in [6.07, 6.45) is 0.981. The summed E-state index contributed by atoms with van der Waals surface area (Å²) >= 11 is 0. The van der Waals surface area contributed by atoms with Gasteiger partial charge in [-0.2, -0.15) is 0 Å². The van der Waals surface area contributed by atoms with Crippen LogP contribution in [-0.4, -0.2) is 44.9 Å². The third-order valence-corrected chi connectivity index (χ3v) is 4.94. The maximum absolute atomic E-state index is 13.1. The first kappa shape index (κ1) is 16.8. The number of nitrogens with zero attached hydrogens (tertiary/aromatic N) is 1. The number of hydrogen-bond acceptors (Lipinski definition) is 4. The molecule has 2 rings (SSSR count). The van der Waals surface area contributed by atoms with Gasteiger partial charge in [0.25, 0.3) is 0 Å². The van der Waals surface area contributed by atoms with E-state index in [1.807, 2.05) is 4.90 Å². The molecule has 1 amide bonds. The Morgan fingerprint density at radius 1 is 1.23 bits per heavy atom. The van der Waals surface area contributed by atoms with Gasteiger partial charge in [0.15, 0.2) is 0 Å². The van der Waals surface area contributed by atoms with E-state index in [0.717, 1.165) is 12.1 Å². The lowest BCUT2D eigenvalue weighted by Gasteiger charge is -2.31. The largest absolute Gasteiger partial charge is 0.369 e. The van der Waals surface area contributed by atoms with Gasteiger partial charge >= 0.3 is 0 Å². The lowest BCUT2D eigenvalue weighted by Crippen LogP contribution is -2.46. The third-order valence-electron chi connectivity index (χ3n) is 3.44. The summed E-state index contributed by atoms with van der Waals surface area (Å²) in [5, 5.41) is 0. The van der Waals surface area contributed by atoms with Gasteiger partial charge in [-0.3, -0.25) is 9.69 Å². The van der Waals surface area contributed by atoms with Crippen molar-refractivity contribution in [3.8, 4) is 0 Å². The minimum absolute atomic E-state index is 0.134. The molecule has 1 saturated heterocycles. The van der Waals surface area contributed by atoms with Crippen molar-refractivity contribution >= 4 is 15.9 Å². The average molecular weight is 333 g/mol. The van der Waals surface area contributed by atoms with Crippen LogP contribution in [0.25, 0.3) is 0 Å². The number of amides is 1. The van der Waals surface area contributed by atoms with Crippen LogP contribution < -0.4 is 10.5 Å². The molecule has 122 valence electrons. The molecule has 1 fully saturated rings. The average Bonchev–Trinajstić information content (AvgIpc) is 2.39. The van der Waals surface area contributed by atoms with E-state index in [0.29, 0.717) is 32.0 Å². The quantitative estimate of drug-likeness (QED) is 0.805. The summed E-state index contributed by atoms with van der Waals surface area (Å²) in [6.45, 7) is 1.18. The highest BCUT2D eigenvalue weighted by Gasteiger charge is 2.25. The molecule has 0 aliphatic carbocycles. The van der Waals surface area contributed by atoms with Gasteiger partial charge in [0.2, 0.25) is 15.9 Å².